The highest BCUT2D eigenvalue weighted by atomic mass is 16.5. The molecule has 0 unspecified atom stereocenters. The van der Waals surface area contributed by atoms with Gasteiger partial charge in [-0.3, -0.25) is 9.59 Å². The Balaban J connectivity index is 1.61. The normalized spacial score (nSPS) is 10.4. The van der Waals surface area contributed by atoms with Gasteiger partial charge in [-0.2, -0.15) is 0 Å². The lowest BCUT2D eigenvalue weighted by Crippen LogP contribution is -2.14. The second kappa shape index (κ2) is 11.0. The first-order valence-electron chi connectivity index (χ1n) is 10.6. The monoisotopic (exact) mass is 416 g/mol. The highest BCUT2D eigenvalue weighted by Crippen LogP contribution is 2.21. The van der Waals surface area contributed by atoms with Gasteiger partial charge in [0.2, 0.25) is 0 Å². The molecule has 5 heteroatoms. The summed E-state index contributed by atoms with van der Waals surface area (Å²) < 4.78 is 5.80. The molecule has 0 atom stereocenters. The van der Waals surface area contributed by atoms with Crippen molar-refractivity contribution in [3.05, 3.63) is 89.5 Å². The van der Waals surface area contributed by atoms with E-state index < -0.39 is 0 Å². The number of hydrogen-bond acceptors (Lipinski definition) is 3. The van der Waals surface area contributed by atoms with E-state index in [-0.39, 0.29) is 11.8 Å². The average molecular weight is 417 g/mol. The third-order valence-corrected chi connectivity index (χ3v) is 4.82. The molecule has 0 bridgehead atoms. The molecule has 0 aliphatic carbocycles. The van der Waals surface area contributed by atoms with Crippen LogP contribution in [0.1, 0.15) is 52.5 Å². The number of ether oxygens (including phenoxy) is 1. The molecular weight excluding hydrogens is 388 g/mol. The van der Waals surface area contributed by atoms with Crippen LogP contribution in [0.4, 0.5) is 11.4 Å². The van der Waals surface area contributed by atoms with Gasteiger partial charge in [0.25, 0.3) is 11.8 Å². The largest absolute Gasteiger partial charge is 0.493 e. The van der Waals surface area contributed by atoms with Gasteiger partial charge in [-0.1, -0.05) is 49.6 Å². The lowest BCUT2D eigenvalue weighted by atomic mass is 10.1. The van der Waals surface area contributed by atoms with Gasteiger partial charge in [-0.05, 0) is 61.9 Å². The quantitative estimate of drug-likeness (QED) is 0.416. The average Bonchev–Trinajstić information content (AvgIpc) is 2.78. The summed E-state index contributed by atoms with van der Waals surface area (Å²) in [5.74, 6) is 0.176. The van der Waals surface area contributed by atoms with Crippen LogP contribution in [0.5, 0.6) is 5.75 Å². The Bertz CT molecular complexity index is 1030. The maximum Gasteiger partial charge on any atom is 0.259 e. The Morgan fingerprint density at radius 1 is 0.806 bits per heavy atom. The lowest BCUT2D eigenvalue weighted by Gasteiger charge is -2.12. The van der Waals surface area contributed by atoms with Crippen molar-refractivity contribution in [2.75, 3.05) is 17.2 Å². The van der Waals surface area contributed by atoms with E-state index in [2.05, 4.69) is 17.6 Å². The molecule has 5 nitrogen and oxygen atoms in total. The summed E-state index contributed by atoms with van der Waals surface area (Å²) in [6.07, 6.45) is 3.18. The van der Waals surface area contributed by atoms with Crippen molar-refractivity contribution >= 4 is 23.2 Å². The molecule has 0 saturated carbocycles. The summed E-state index contributed by atoms with van der Waals surface area (Å²) in [4.78, 5) is 25.1. The van der Waals surface area contributed by atoms with E-state index in [0.717, 1.165) is 24.8 Å². The lowest BCUT2D eigenvalue weighted by molar-refractivity contribution is 0.101. The van der Waals surface area contributed by atoms with Crippen LogP contribution in [0.25, 0.3) is 0 Å². The van der Waals surface area contributed by atoms with E-state index in [1.54, 1.807) is 36.4 Å². The molecule has 2 N–H and O–H groups in total. The zero-order valence-electron chi connectivity index (χ0n) is 18.0. The van der Waals surface area contributed by atoms with Gasteiger partial charge >= 0.3 is 0 Å². The maximum atomic E-state index is 12.7. The molecule has 3 aromatic carbocycles. The summed E-state index contributed by atoms with van der Waals surface area (Å²) in [5.41, 5.74) is 3.42. The number of hydrogen-bond donors (Lipinski definition) is 2. The fourth-order valence-corrected chi connectivity index (χ4v) is 3.14. The predicted molar refractivity (Wildman–Crippen MR) is 125 cm³/mol. The molecule has 2 amide bonds. The standard InChI is InChI=1S/C26H28N2O3/c1-3-4-7-17-31-24-12-6-5-11-23(24)26(30)28-22-15-13-21(14-16-22)27-25(29)20-10-8-9-19(2)18-20/h5-6,8-16,18H,3-4,7,17H2,1-2H3,(H,27,29)(H,28,30). The minimum absolute atomic E-state index is 0.172. The van der Waals surface area contributed by atoms with Crippen molar-refractivity contribution in [1.29, 1.82) is 0 Å². The molecule has 0 spiro atoms. The van der Waals surface area contributed by atoms with Crippen LogP contribution in [-0.2, 0) is 0 Å². The number of benzene rings is 3. The van der Waals surface area contributed by atoms with Crippen LogP contribution in [0, 0.1) is 6.92 Å². The highest BCUT2D eigenvalue weighted by molar-refractivity contribution is 6.07. The van der Waals surface area contributed by atoms with Crippen LogP contribution in [0.15, 0.2) is 72.8 Å². The first-order chi connectivity index (χ1) is 15.1. The minimum atomic E-state index is -0.234. The molecule has 160 valence electrons. The molecule has 0 fully saturated rings. The Morgan fingerprint density at radius 3 is 2.16 bits per heavy atom. The van der Waals surface area contributed by atoms with Crippen molar-refractivity contribution in [2.45, 2.75) is 33.1 Å². The van der Waals surface area contributed by atoms with Crippen LogP contribution in [0.2, 0.25) is 0 Å². The van der Waals surface area contributed by atoms with Crippen molar-refractivity contribution in [2.24, 2.45) is 0 Å². The van der Waals surface area contributed by atoms with Crippen LogP contribution < -0.4 is 15.4 Å². The highest BCUT2D eigenvalue weighted by Gasteiger charge is 2.13. The van der Waals surface area contributed by atoms with Gasteiger partial charge in [0.15, 0.2) is 0 Å². The van der Waals surface area contributed by atoms with Gasteiger partial charge in [0, 0.05) is 16.9 Å². The minimum Gasteiger partial charge on any atom is -0.493 e. The number of amides is 2. The van der Waals surface area contributed by atoms with Crippen LogP contribution in [0.3, 0.4) is 0 Å². The number of para-hydroxylation sites is 1. The van der Waals surface area contributed by atoms with Crippen LogP contribution >= 0.6 is 0 Å². The number of rotatable bonds is 9. The Hall–Kier alpha value is -3.60. The van der Waals surface area contributed by atoms with Crippen molar-refractivity contribution in [1.82, 2.24) is 0 Å². The molecule has 0 aliphatic rings. The first-order valence-corrected chi connectivity index (χ1v) is 10.6. The smallest absolute Gasteiger partial charge is 0.259 e. The SMILES string of the molecule is CCCCCOc1ccccc1C(=O)Nc1ccc(NC(=O)c2cccc(C)c2)cc1. The van der Waals surface area contributed by atoms with Crippen molar-refractivity contribution in [3.8, 4) is 5.75 Å². The molecular formula is C26H28N2O3. The van der Waals surface area contributed by atoms with Gasteiger partial charge in [0.05, 0.1) is 12.2 Å². The second-order valence-electron chi connectivity index (χ2n) is 7.41. The van der Waals surface area contributed by atoms with E-state index in [1.807, 2.05) is 43.3 Å². The van der Waals surface area contributed by atoms with Crippen LogP contribution in [-0.4, -0.2) is 18.4 Å². The zero-order chi connectivity index (χ0) is 22.1. The van der Waals surface area contributed by atoms with Crippen molar-refractivity contribution < 1.29 is 14.3 Å². The third-order valence-electron chi connectivity index (χ3n) is 4.82. The van der Waals surface area contributed by atoms with E-state index in [4.69, 9.17) is 4.74 Å². The number of unbranched alkanes of at least 4 members (excludes halogenated alkanes) is 2. The summed E-state index contributed by atoms with van der Waals surface area (Å²) in [6.45, 7) is 4.68. The van der Waals surface area contributed by atoms with Gasteiger partial charge < -0.3 is 15.4 Å². The third kappa shape index (κ3) is 6.44. The second-order valence-corrected chi connectivity index (χ2v) is 7.41. The molecule has 3 rings (SSSR count). The van der Waals surface area contributed by atoms with E-state index in [9.17, 15) is 9.59 Å². The number of aryl methyl sites for hydroxylation is 1. The maximum absolute atomic E-state index is 12.7. The Morgan fingerprint density at radius 2 is 1.48 bits per heavy atom. The molecule has 0 radical (unpaired) electrons. The Kier molecular flexibility index (Phi) is 7.82. The molecule has 31 heavy (non-hydrogen) atoms. The fourth-order valence-electron chi connectivity index (χ4n) is 3.14. The molecule has 0 saturated heterocycles. The predicted octanol–water partition coefficient (Wildman–Crippen LogP) is 6.07. The topological polar surface area (TPSA) is 67.4 Å². The summed E-state index contributed by atoms with van der Waals surface area (Å²) >= 11 is 0. The number of anilines is 2. The summed E-state index contributed by atoms with van der Waals surface area (Å²) in [6, 6.07) is 21.7. The number of carbonyl (C=O) groups excluding carboxylic acids is 2. The van der Waals surface area contributed by atoms with E-state index >= 15 is 0 Å². The summed E-state index contributed by atoms with van der Waals surface area (Å²) in [7, 11) is 0. The molecule has 0 aromatic heterocycles. The summed E-state index contributed by atoms with van der Waals surface area (Å²) in [5, 5.41) is 5.76. The number of nitrogens with one attached hydrogen (secondary N) is 2. The Labute approximate surface area is 183 Å². The van der Waals surface area contributed by atoms with Gasteiger partial charge in [-0.15, -0.1) is 0 Å². The van der Waals surface area contributed by atoms with Crippen molar-refractivity contribution in [3.63, 3.8) is 0 Å². The molecule has 0 heterocycles. The number of carbonyl (C=O) groups is 2. The van der Waals surface area contributed by atoms with Gasteiger partial charge in [0.1, 0.15) is 5.75 Å². The van der Waals surface area contributed by atoms with E-state index in [0.29, 0.717) is 34.9 Å². The fraction of sp³-hybridized carbons (Fsp3) is 0.231. The molecule has 3 aromatic rings. The zero-order valence-corrected chi connectivity index (χ0v) is 18.0. The first kappa shape index (κ1) is 22.1. The van der Waals surface area contributed by atoms with E-state index in [1.165, 1.54) is 0 Å². The molecule has 0 aliphatic heterocycles. The van der Waals surface area contributed by atoms with Gasteiger partial charge in [-0.25, -0.2) is 0 Å².